The molecule has 0 fully saturated rings. The van der Waals surface area contributed by atoms with E-state index < -0.39 is 17.9 Å². The molecule has 2 N–H and O–H groups in total. The van der Waals surface area contributed by atoms with Gasteiger partial charge in [0.15, 0.2) is 12.6 Å². The number of carbonyl (C=O) groups excluding carboxylic acids is 1. The topological polar surface area (TPSA) is 111 Å². The molecule has 29 heavy (non-hydrogen) atoms. The van der Waals surface area contributed by atoms with Crippen LogP contribution in [0, 0.1) is 0 Å². The van der Waals surface area contributed by atoms with E-state index in [-0.39, 0.29) is 12.2 Å². The molecular weight excluding hydrogens is 374 g/mol. The average Bonchev–Trinajstić information content (AvgIpc) is 3.20. The summed E-state index contributed by atoms with van der Waals surface area (Å²) in [7, 11) is 0. The maximum atomic E-state index is 12.6. The molecule has 4 rings (SSSR count). The van der Waals surface area contributed by atoms with Crippen LogP contribution in [0.25, 0.3) is 10.9 Å². The monoisotopic (exact) mass is 393 g/mol. The average molecular weight is 393 g/mol. The first-order valence-corrected chi connectivity index (χ1v) is 9.26. The van der Waals surface area contributed by atoms with Crippen molar-refractivity contribution in [2.45, 2.75) is 25.4 Å². The molecule has 0 bridgehead atoms. The molecule has 2 aromatic carbocycles. The van der Waals surface area contributed by atoms with Crippen LogP contribution in [-0.4, -0.2) is 33.1 Å². The number of hydrogen-bond acceptors (Lipinski definition) is 5. The number of amides is 1. The number of nitrogens with one attached hydrogen (secondary N) is 1. The zero-order valence-corrected chi connectivity index (χ0v) is 15.5. The first-order chi connectivity index (χ1) is 14.0. The number of aromatic nitrogens is 2. The highest BCUT2D eigenvalue weighted by Gasteiger charge is 2.22. The number of carbonyl (C=O) groups is 2. The number of carboxylic acids is 1. The SMILES string of the molecule is O=C(COc1ccc2nc3n(c(=O)c2c1)CCC3)N[C@H](C(=O)O)c1ccccc1. The molecule has 0 saturated heterocycles. The van der Waals surface area contributed by atoms with Gasteiger partial charge in [-0.25, -0.2) is 9.78 Å². The molecule has 1 aliphatic rings. The summed E-state index contributed by atoms with van der Waals surface area (Å²) in [5.41, 5.74) is 0.939. The van der Waals surface area contributed by atoms with Crippen molar-refractivity contribution in [3.63, 3.8) is 0 Å². The summed E-state index contributed by atoms with van der Waals surface area (Å²) in [6.45, 7) is 0.280. The van der Waals surface area contributed by atoms with Crippen LogP contribution in [-0.2, 0) is 22.6 Å². The van der Waals surface area contributed by atoms with Gasteiger partial charge in [-0.05, 0) is 30.2 Å². The van der Waals surface area contributed by atoms with Crippen LogP contribution in [0.5, 0.6) is 5.75 Å². The van der Waals surface area contributed by atoms with Gasteiger partial charge in [-0.3, -0.25) is 14.2 Å². The Hall–Kier alpha value is -3.68. The van der Waals surface area contributed by atoms with Gasteiger partial charge in [-0.2, -0.15) is 0 Å². The van der Waals surface area contributed by atoms with Gasteiger partial charge in [0.1, 0.15) is 11.6 Å². The van der Waals surface area contributed by atoms with Gasteiger partial charge in [-0.15, -0.1) is 0 Å². The number of nitrogens with zero attached hydrogens (tertiary/aromatic N) is 2. The molecule has 1 aliphatic heterocycles. The third-order valence-electron chi connectivity index (χ3n) is 4.84. The molecule has 1 aromatic heterocycles. The van der Waals surface area contributed by atoms with Gasteiger partial charge < -0.3 is 15.2 Å². The quantitative estimate of drug-likeness (QED) is 0.659. The zero-order chi connectivity index (χ0) is 20.4. The number of rotatable bonds is 6. The highest BCUT2D eigenvalue weighted by Crippen LogP contribution is 2.20. The van der Waals surface area contributed by atoms with Gasteiger partial charge in [0.2, 0.25) is 0 Å². The van der Waals surface area contributed by atoms with Gasteiger partial charge in [0.05, 0.1) is 10.9 Å². The molecule has 148 valence electrons. The lowest BCUT2D eigenvalue weighted by atomic mass is 10.1. The maximum absolute atomic E-state index is 12.6. The number of ether oxygens (including phenoxy) is 1. The molecule has 1 amide bonds. The zero-order valence-electron chi connectivity index (χ0n) is 15.5. The van der Waals surface area contributed by atoms with E-state index in [9.17, 15) is 19.5 Å². The molecule has 0 aliphatic carbocycles. The molecule has 8 heteroatoms. The van der Waals surface area contributed by atoms with Crippen LogP contribution in [0.1, 0.15) is 23.9 Å². The summed E-state index contributed by atoms with van der Waals surface area (Å²) in [4.78, 5) is 40.8. The standard InChI is InChI=1S/C21H19N3O5/c25-18(23-19(21(27)28)13-5-2-1-3-6-13)12-29-14-8-9-16-15(11-14)20(26)24-10-4-7-17(24)22-16/h1-3,5-6,8-9,11,19H,4,7,10,12H2,(H,23,25)(H,27,28)/t19-/m0/s1. The Bertz CT molecular complexity index is 1140. The predicted octanol–water partition coefficient (Wildman–Crippen LogP) is 1.66. The second-order valence-corrected chi connectivity index (χ2v) is 6.81. The second-order valence-electron chi connectivity index (χ2n) is 6.81. The lowest BCUT2D eigenvalue weighted by Crippen LogP contribution is -2.36. The number of carboxylic acid groups (broad SMARTS) is 1. The van der Waals surface area contributed by atoms with E-state index >= 15 is 0 Å². The molecular formula is C21H19N3O5. The number of fused-ring (bicyclic) bond motifs is 2. The van der Waals surface area contributed by atoms with Crippen molar-refractivity contribution in [1.82, 2.24) is 14.9 Å². The van der Waals surface area contributed by atoms with Crippen LogP contribution in [0.2, 0.25) is 0 Å². The van der Waals surface area contributed by atoms with Crippen molar-refractivity contribution in [1.29, 1.82) is 0 Å². The summed E-state index contributed by atoms with van der Waals surface area (Å²) in [5.74, 6) is -0.610. The number of aliphatic carboxylic acids is 1. The fourth-order valence-corrected chi connectivity index (χ4v) is 3.44. The minimum atomic E-state index is -1.17. The van der Waals surface area contributed by atoms with Crippen molar-refractivity contribution in [2.24, 2.45) is 0 Å². The molecule has 1 atom stereocenters. The molecule has 0 radical (unpaired) electrons. The number of benzene rings is 2. The second kappa shape index (κ2) is 7.75. The summed E-state index contributed by atoms with van der Waals surface area (Å²) in [6, 6.07) is 12.1. The summed E-state index contributed by atoms with van der Waals surface area (Å²) < 4.78 is 7.15. The van der Waals surface area contributed by atoms with Crippen molar-refractivity contribution >= 4 is 22.8 Å². The normalized spacial score (nSPS) is 13.7. The van der Waals surface area contributed by atoms with Crippen molar-refractivity contribution in [3.05, 3.63) is 70.3 Å². The third kappa shape index (κ3) is 3.82. The van der Waals surface area contributed by atoms with E-state index in [4.69, 9.17) is 4.74 Å². The van der Waals surface area contributed by atoms with Gasteiger partial charge in [0.25, 0.3) is 11.5 Å². The van der Waals surface area contributed by atoms with E-state index in [1.807, 2.05) is 0 Å². The Balaban J connectivity index is 1.47. The lowest BCUT2D eigenvalue weighted by molar-refractivity contribution is -0.142. The Kier molecular flexibility index (Phi) is 4.99. The Morgan fingerprint density at radius 1 is 1.21 bits per heavy atom. The van der Waals surface area contributed by atoms with Crippen molar-refractivity contribution in [2.75, 3.05) is 6.61 Å². The van der Waals surface area contributed by atoms with Crippen molar-refractivity contribution in [3.8, 4) is 5.75 Å². The lowest BCUT2D eigenvalue weighted by Gasteiger charge is -2.15. The van der Waals surface area contributed by atoms with E-state index in [2.05, 4.69) is 10.3 Å². The van der Waals surface area contributed by atoms with Gasteiger partial charge in [-0.1, -0.05) is 30.3 Å². The maximum Gasteiger partial charge on any atom is 0.330 e. The molecule has 3 aromatic rings. The van der Waals surface area contributed by atoms with E-state index in [0.29, 0.717) is 28.8 Å². The molecule has 2 heterocycles. The summed E-state index contributed by atoms with van der Waals surface area (Å²) in [5, 5.41) is 12.3. The van der Waals surface area contributed by atoms with Gasteiger partial charge >= 0.3 is 5.97 Å². The molecule has 8 nitrogen and oxygen atoms in total. The number of aryl methyl sites for hydroxylation is 1. The van der Waals surface area contributed by atoms with Crippen LogP contribution in [0.15, 0.2) is 53.3 Å². The van der Waals surface area contributed by atoms with E-state index in [0.717, 1.165) is 18.7 Å². The fourth-order valence-electron chi connectivity index (χ4n) is 3.44. The van der Waals surface area contributed by atoms with E-state index in [1.54, 1.807) is 53.1 Å². The molecule has 0 saturated carbocycles. The van der Waals surface area contributed by atoms with Crippen molar-refractivity contribution < 1.29 is 19.4 Å². The van der Waals surface area contributed by atoms with Crippen LogP contribution in [0.3, 0.4) is 0 Å². The Morgan fingerprint density at radius 3 is 2.76 bits per heavy atom. The minimum Gasteiger partial charge on any atom is -0.484 e. The van der Waals surface area contributed by atoms with Crippen LogP contribution >= 0.6 is 0 Å². The highest BCUT2D eigenvalue weighted by atomic mass is 16.5. The predicted molar refractivity (Wildman–Crippen MR) is 105 cm³/mol. The van der Waals surface area contributed by atoms with Crippen LogP contribution in [0.4, 0.5) is 0 Å². The largest absolute Gasteiger partial charge is 0.484 e. The fraction of sp³-hybridized carbons (Fsp3) is 0.238. The first kappa shape index (κ1) is 18.7. The summed E-state index contributed by atoms with van der Waals surface area (Å²) in [6.07, 6.45) is 1.68. The summed E-state index contributed by atoms with van der Waals surface area (Å²) >= 11 is 0. The Morgan fingerprint density at radius 2 is 2.00 bits per heavy atom. The Labute approximate surface area is 165 Å². The van der Waals surface area contributed by atoms with Crippen LogP contribution < -0.4 is 15.6 Å². The van der Waals surface area contributed by atoms with E-state index in [1.165, 1.54) is 0 Å². The van der Waals surface area contributed by atoms with Gasteiger partial charge in [0, 0.05) is 13.0 Å². The first-order valence-electron chi connectivity index (χ1n) is 9.26. The molecule has 0 spiro atoms. The smallest absolute Gasteiger partial charge is 0.330 e. The highest BCUT2D eigenvalue weighted by molar-refractivity contribution is 5.85. The number of hydrogen-bond donors (Lipinski definition) is 2. The minimum absolute atomic E-state index is 0.118. The third-order valence-corrected chi connectivity index (χ3v) is 4.84. The molecule has 0 unspecified atom stereocenters.